The van der Waals surface area contributed by atoms with Gasteiger partial charge in [0.25, 0.3) is 5.91 Å². The number of amides is 2. The Hall–Kier alpha value is -4.73. The molecule has 236 valence electrons. The van der Waals surface area contributed by atoms with E-state index < -0.39 is 6.04 Å². The average Bonchev–Trinajstić information content (AvgIpc) is 3.49. The molecule has 4 aromatic carbocycles. The summed E-state index contributed by atoms with van der Waals surface area (Å²) in [6.45, 7) is 7.37. The number of anilines is 2. The molecule has 0 bridgehead atoms. The standard InChI is InChI=1S/C36H37ClN6O3/c1-25(2)27-9-11-28(12-10-27)35(36(45)38-30-15-17-31(18-16-30)41-19-21-46-22-20-41)42(23-26-7-13-29(37)14-8-26)34(44)24-43-33-6-4-3-5-32(33)39-40-43/h3-18,25,35H,19-24H2,1-2H3,(H,38,45). The van der Waals surface area contributed by atoms with Gasteiger partial charge in [0, 0.05) is 36.0 Å². The lowest BCUT2D eigenvalue weighted by atomic mass is 9.97. The van der Waals surface area contributed by atoms with Gasteiger partial charge in [0.2, 0.25) is 5.91 Å². The van der Waals surface area contributed by atoms with Crippen LogP contribution in [0.4, 0.5) is 11.4 Å². The number of ether oxygens (including phenoxy) is 1. The van der Waals surface area contributed by atoms with Gasteiger partial charge in [-0.2, -0.15) is 0 Å². The molecule has 5 aromatic rings. The lowest BCUT2D eigenvalue weighted by Crippen LogP contribution is -2.42. The molecule has 1 saturated heterocycles. The number of morpholine rings is 1. The van der Waals surface area contributed by atoms with Gasteiger partial charge >= 0.3 is 0 Å². The summed E-state index contributed by atoms with van der Waals surface area (Å²) in [5.74, 6) is -0.276. The van der Waals surface area contributed by atoms with Gasteiger partial charge in [-0.15, -0.1) is 5.10 Å². The first kappa shape index (κ1) is 31.3. The lowest BCUT2D eigenvalue weighted by molar-refractivity contribution is -0.140. The maximum absolute atomic E-state index is 14.3. The molecule has 0 radical (unpaired) electrons. The zero-order valence-corrected chi connectivity index (χ0v) is 26.7. The maximum Gasteiger partial charge on any atom is 0.251 e. The Labute approximate surface area is 273 Å². The number of carbonyl (C=O) groups excluding carboxylic acids is 2. The second-order valence-corrected chi connectivity index (χ2v) is 12.2. The summed E-state index contributed by atoms with van der Waals surface area (Å²) in [5, 5.41) is 12.2. The van der Waals surface area contributed by atoms with Crippen LogP contribution < -0.4 is 10.2 Å². The number of carbonyl (C=O) groups is 2. The number of nitrogens with zero attached hydrogens (tertiary/aromatic N) is 5. The van der Waals surface area contributed by atoms with Crippen molar-refractivity contribution in [3.05, 3.63) is 119 Å². The number of hydrogen-bond acceptors (Lipinski definition) is 6. The third kappa shape index (κ3) is 7.22. The molecule has 1 atom stereocenters. The van der Waals surface area contributed by atoms with Crippen LogP contribution in [-0.2, 0) is 27.4 Å². The summed E-state index contributed by atoms with van der Waals surface area (Å²) in [5.41, 5.74) is 5.84. The van der Waals surface area contributed by atoms with E-state index in [9.17, 15) is 9.59 Å². The molecular formula is C36H37ClN6O3. The summed E-state index contributed by atoms with van der Waals surface area (Å²) >= 11 is 6.19. The fourth-order valence-electron chi connectivity index (χ4n) is 5.69. The highest BCUT2D eigenvalue weighted by atomic mass is 35.5. The van der Waals surface area contributed by atoms with Crippen LogP contribution in [-0.4, -0.2) is 58.0 Å². The van der Waals surface area contributed by atoms with Crippen LogP contribution >= 0.6 is 11.6 Å². The first-order valence-electron chi connectivity index (χ1n) is 15.5. The van der Waals surface area contributed by atoms with Crippen LogP contribution in [0, 0.1) is 0 Å². The molecule has 46 heavy (non-hydrogen) atoms. The molecule has 1 aliphatic rings. The highest BCUT2D eigenvalue weighted by molar-refractivity contribution is 6.30. The van der Waals surface area contributed by atoms with Crippen LogP contribution in [0.25, 0.3) is 11.0 Å². The van der Waals surface area contributed by atoms with E-state index in [4.69, 9.17) is 16.3 Å². The van der Waals surface area contributed by atoms with Gasteiger partial charge in [0.05, 0.1) is 18.7 Å². The van der Waals surface area contributed by atoms with Crippen LogP contribution in [0.15, 0.2) is 97.1 Å². The summed E-state index contributed by atoms with van der Waals surface area (Å²) in [6.07, 6.45) is 0. The van der Waals surface area contributed by atoms with Crippen molar-refractivity contribution in [2.45, 2.75) is 38.9 Å². The molecule has 1 aromatic heterocycles. The van der Waals surface area contributed by atoms with Gasteiger partial charge in [-0.3, -0.25) is 9.59 Å². The van der Waals surface area contributed by atoms with Crippen molar-refractivity contribution in [2.24, 2.45) is 0 Å². The maximum atomic E-state index is 14.3. The SMILES string of the molecule is CC(C)c1ccc(C(C(=O)Nc2ccc(N3CCOCC3)cc2)N(Cc2ccc(Cl)cc2)C(=O)Cn2nnc3ccccc32)cc1. The predicted octanol–water partition coefficient (Wildman–Crippen LogP) is 6.45. The number of hydrogen-bond donors (Lipinski definition) is 1. The van der Waals surface area contributed by atoms with Crippen LogP contribution in [0.3, 0.4) is 0 Å². The Bertz CT molecular complexity index is 1780. The summed E-state index contributed by atoms with van der Waals surface area (Å²) < 4.78 is 7.06. The summed E-state index contributed by atoms with van der Waals surface area (Å²) in [7, 11) is 0. The van der Waals surface area contributed by atoms with Crippen molar-refractivity contribution in [3.63, 3.8) is 0 Å². The van der Waals surface area contributed by atoms with E-state index in [2.05, 4.69) is 34.4 Å². The monoisotopic (exact) mass is 636 g/mol. The zero-order valence-electron chi connectivity index (χ0n) is 26.0. The lowest BCUT2D eigenvalue weighted by Gasteiger charge is -2.32. The van der Waals surface area contributed by atoms with Crippen molar-refractivity contribution >= 4 is 45.8 Å². The number of para-hydroxylation sites is 1. The van der Waals surface area contributed by atoms with Gasteiger partial charge in [0.15, 0.2) is 0 Å². The minimum Gasteiger partial charge on any atom is -0.378 e. The topological polar surface area (TPSA) is 92.6 Å². The average molecular weight is 637 g/mol. The third-order valence-corrected chi connectivity index (χ3v) is 8.53. The first-order chi connectivity index (χ1) is 22.4. The molecule has 9 nitrogen and oxygen atoms in total. The van der Waals surface area contributed by atoms with E-state index >= 15 is 0 Å². The van der Waals surface area contributed by atoms with E-state index in [1.807, 2.05) is 84.9 Å². The van der Waals surface area contributed by atoms with Crippen LogP contribution in [0.2, 0.25) is 5.02 Å². The Kier molecular flexibility index (Phi) is 9.61. The van der Waals surface area contributed by atoms with Crippen molar-refractivity contribution in [3.8, 4) is 0 Å². The number of rotatable bonds is 10. The van der Waals surface area contributed by atoms with Gasteiger partial charge in [0.1, 0.15) is 18.1 Å². The van der Waals surface area contributed by atoms with Gasteiger partial charge in [-0.1, -0.05) is 79.2 Å². The van der Waals surface area contributed by atoms with Crippen LogP contribution in [0.5, 0.6) is 0 Å². The van der Waals surface area contributed by atoms with Gasteiger partial charge in [-0.05, 0) is 71.1 Å². The number of aromatic nitrogens is 3. The highest BCUT2D eigenvalue weighted by Crippen LogP contribution is 2.29. The van der Waals surface area contributed by atoms with Crippen molar-refractivity contribution in [1.82, 2.24) is 19.9 Å². The highest BCUT2D eigenvalue weighted by Gasteiger charge is 2.32. The molecule has 1 N–H and O–H groups in total. The molecule has 1 unspecified atom stereocenters. The Balaban J connectivity index is 1.35. The number of fused-ring (bicyclic) bond motifs is 1. The van der Waals surface area contributed by atoms with E-state index in [1.54, 1.807) is 21.7 Å². The van der Waals surface area contributed by atoms with E-state index in [0.717, 1.165) is 35.4 Å². The molecule has 0 spiro atoms. The molecular weight excluding hydrogens is 600 g/mol. The second kappa shape index (κ2) is 14.1. The number of benzene rings is 4. The van der Waals surface area contributed by atoms with Crippen molar-refractivity contribution in [2.75, 3.05) is 36.5 Å². The molecule has 1 fully saturated rings. The quantitative estimate of drug-likeness (QED) is 0.189. The minimum atomic E-state index is -0.932. The van der Waals surface area contributed by atoms with E-state index in [1.165, 1.54) is 0 Å². The smallest absolute Gasteiger partial charge is 0.251 e. The minimum absolute atomic E-state index is 0.0871. The van der Waals surface area contributed by atoms with Crippen molar-refractivity contribution < 1.29 is 14.3 Å². The third-order valence-electron chi connectivity index (χ3n) is 8.28. The van der Waals surface area contributed by atoms with Gasteiger partial charge in [-0.25, -0.2) is 4.68 Å². The molecule has 0 aliphatic carbocycles. The molecule has 1 aliphatic heterocycles. The van der Waals surface area contributed by atoms with Gasteiger partial charge < -0.3 is 19.9 Å². The number of nitrogens with one attached hydrogen (secondary N) is 1. The Morgan fingerprint density at radius 2 is 1.57 bits per heavy atom. The fourth-order valence-corrected chi connectivity index (χ4v) is 5.81. The zero-order chi connectivity index (χ0) is 32.0. The predicted molar refractivity (Wildman–Crippen MR) is 181 cm³/mol. The largest absolute Gasteiger partial charge is 0.378 e. The molecule has 2 heterocycles. The summed E-state index contributed by atoms with van der Waals surface area (Å²) in [6, 6.07) is 29.6. The Morgan fingerprint density at radius 3 is 2.26 bits per heavy atom. The van der Waals surface area contributed by atoms with Crippen LogP contribution in [0.1, 0.15) is 42.5 Å². The number of halogens is 1. The normalized spacial score (nSPS) is 14.0. The molecule has 2 amide bonds. The van der Waals surface area contributed by atoms with Crippen molar-refractivity contribution in [1.29, 1.82) is 0 Å². The van der Waals surface area contributed by atoms with E-state index in [-0.39, 0.29) is 24.9 Å². The fraction of sp³-hybridized carbons (Fsp3) is 0.278. The molecule has 6 rings (SSSR count). The van der Waals surface area contributed by atoms with E-state index in [0.29, 0.717) is 40.9 Å². The second-order valence-electron chi connectivity index (χ2n) is 11.7. The molecule has 10 heteroatoms. The summed E-state index contributed by atoms with van der Waals surface area (Å²) in [4.78, 5) is 32.5. The molecule has 0 saturated carbocycles. The first-order valence-corrected chi connectivity index (χ1v) is 15.9. The Morgan fingerprint density at radius 1 is 0.891 bits per heavy atom.